The Balaban J connectivity index is 1.68. The maximum atomic E-state index is 4.70. The van der Waals surface area contributed by atoms with Crippen LogP contribution in [0.25, 0.3) is 0 Å². The van der Waals surface area contributed by atoms with Crippen LogP contribution in [0.3, 0.4) is 0 Å². The largest absolute Gasteiger partial charge is 0.368 e. The van der Waals surface area contributed by atoms with Crippen molar-refractivity contribution in [2.45, 2.75) is 40.2 Å². The van der Waals surface area contributed by atoms with E-state index in [4.69, 9.17) is 4.98 Å². The molecule has 1 N–H and O–H groups in total. The number of hydrogen-bond donors (Lipinski definition) is 1. The van der Waals surface area contributed by atoms with E-state index in [1.165, 1.54) is 16.8 Å². The molecule has 25 heavy (non-hydrogen) atoms. The van der Waals surface area contributed by atoms with Gasteiger partial charge < -0.3 is 15.1 Å². The molecule has 2 aromatic rings. The predicted molar refractivity (Wildman–Crippen MR) is 106 cm³/mol. The molecule has 0 atom stereocenters. The Hall–Kier alpha value is -2.30. The normalized spacial score (nSPS) is 15.4. The molecule has 0 aliphatic carbocycles. The molecule has 5 heteroatoms. The molecule has 0 bridgehead atoms. The minimum absolute atomic E-state index is 0.0416. The molecule has 0 spiro atoms. The number of anilines is 3. The van der Waals surface area contributed by atoms with Gasteiger partial charge in [0.15, 0.2) is 0 Å². The lowest BCUT2D eigenvalue weighted by Crippen LogP contribution is -2.47. The average Bonchev–Trinajstić information content (AvgIpc) is 2.56. The zero-order chi connectivity index (χ0) is 18.0. The monoisotopic (exact) mass is 339 g/mol. The maximum Gasteiger partial charge on any atom is 0.225 e. The zero-order valence-electron chi connectivity index (χ0n) is 16.0. The van der Waals surface area contributed by atoms with Crippen LogP contribution >= 0.6 is 0 Å². The van der Waals surface area contributed by atoms with Crippen molar-refractivity contribution >= 4 is 17.5 Å². The molecule has 1 aliphatic rings. The van der Waals surface area contributed by atoms with Gasteiger partial charge >= 0.3 is 0 Å². The quantitative estimate of drug-likeness (QED) is 0.925. The summed E-state index contributed by atoms with van der Waals surface area (Å²) in [5, 5.41) is 3.35. The Morgan fingerprint density at radius 1 is 0.960 bits per heavy atom. The standard InChI is InChI=1S/C20H29N5/c1-15-7-6-8-17(16(15)2)24-11-13-25(14-12-24)18-9-10-21-19(22-18)23-20(3,4)5/h6-10H,11-14H2,1-5H3,(H,21,22,23). The summed E-state index contributed by atoms with van der Waals surface area (Å²) in [5.74, 6) is 1.70. The van der Waals surface area contributed by atoms with E-state index >= 15 is 0 Å². The third-order valence-electron chi connectivity index (χ3n) is 4.65. The molecule has 5 nitrogen and oxygen atoms in total. The minimum Gasteiger partial charge on any atom is -0.368 e. The summed E-state index contributed by atoms with van der Waals surface area (Å²) in [6, 6.07) is 8.56. The number of aromatic nitrogens is 2. The lowest BCUT2D eigenvalue weighted by Gasteiger charge is -2.37. The van der Waals surface area contributed by atoms with Gasteiger partial charge in [-0.05, 0) is 57.9 Å². The molecule has 2 heterocycles. The number of nitrogens with one attached hydrogen (secondary N) is 1. The van der Waals surface area contributed by atoms with E-state index in [9.17, 15) is 0 Å². The second kappa shape index (κ2) is 6.90. The first kappa shape index (κ1) is 17.5. The molecule has 1 aliphatic heterocycles. The molecule has 0 radical (unpaired) electrons. The highest BCUT2D eigenvalue weighted by molar-refractivity contribution is 5.57. The van der Waals surface area contributed by atoms with Crippen molar-refractivity contribution in [3.8, 4) is 0 Å². The summed E-state index contributed by atoms with van der Waals surface area (Å²) in [7, 11) is 0. The van der Waals surface area contributed by atoms with Crippen LogP contribution in [0, 0.1) is 13.8 Å². The van der Waals surface area contributed by atoms with Gasteiger partial charge in [-0.2, -0.15) is 4.98 Å². The summed E-state index contributed by atoms with van der Waals surface area (Å²) in [6.45, 7) is 14.7. The van der Waals surface area contributed by atoms with E-state index in [-0.39, 0.29) is 5.54 Å². The van der Waals surface area contributed by atoms with Crippen molar-refractivity contribution in [2.24, 2.45) is 0 Å². The highest BCUT2D eigenvalue weighted by atomic mass is 15.3. The Labute approximate surface area is 151 Å². The van der Waals surface area contributed by atoms with Crippen LogP contribution in [-0.2, 0) is 0 Å². The highest BCUT2D eigenvalue weighted by Crippen LogP contribution is 2.25. The van der Waals surface area contributed by atoms with Gasteiger partial charge in [-0.1, -0.05) is 12.1 Å². The smallest absolute Gasteiger partial charge is 0.225 e. The molecule has 134 valence electrons. The fourth-order valence-corrected chi connectivity index (χ4v) is 3.18. The zero-order valence-corrected chi connectivity index (χ0v) is 16.0. The van der Waals surface area contributed by atoms with Crippen LogP contribution < -0.4 is 15.1 Å². The molecule has 1 fully saturated rings. The van der Waals surface area contributed by atoms with E-state index in [1.807, 2.05) is 12.3 Å². The summed E-state index contributed by atoms with van der Waals surface area (Å²) in [5.41, 5.74) is 4.06. The first-order valence-corrected chi connectivity index (χ1v) is 9.01. The molecule has 1 aromatic carbocycles. The van der Waals surface area contributed by atoms with Gasteiger partial charge in [-0.3, -0.25) is 0 Å². The number of aryl methyl sites for hydroxylation is 1. The third-order valence-corrected chi connectivity index (χ3v) is 4.65. The summed E-state index contributed by atoms with van der Waals surface area (Å²) in [4.78, 5) is 13.9. The van der Waals surface area contributed by atoms with E-state index in [2.05, 4.69) is 72.9 Å². The van der Waals surface area contributed by atoms with Gasteiger partial charge in [-0.25, -0.2) is 4.98 Å². The van der Waals surface area contributed by atoms with Gasteiger partial charge in [0.2, 0.25) is 5.95 Å². The van der Waals surface area contributed by atoms with Crippen molar-refractivity contribution < 1.29 is 0 Å². The summed E-state index contributed by atoms with van der Waals surface area (Å²) < 4.78 is 0. The van der Waals surface area contributed by atoms with Crippen molar-refractivity contribution in [2.75, 3.05) is 41.3 Å². The summed E-state index contributed by atoms with van der Waals surface area (Å²) in [6.07, 6.45) is 1.84. The third kappa shape index (κ3) is 4.21. The first-order chi connectivity index (χ1) is 11.8. The molecule has 0 unspecified atom stereocenters. The fraction of sp³-hybridized carbons (Fsp3) is 0.500. The van der Waals surface area contributed by atoms with Gasteiger partial charge in [0.25, 0.3) is 0 Å². The highest BCUT2D eigenvalue weighted by Gasteiger charge is 2.20. The van der Waals surface area contributed by atoms with E-state index in [0.29, 0.717) is 5.95 Å². The first-order valence-electron chi connectivity index (χ1n) is 9.01. The Morgan fingerprint density at radius 2 is 1.64 bits per heavy atom. The molecule has 3 rings (SSSR count). The number of hydrogen-bond acceptors (Lipinski definition) is 5. The molecular weight excluding hydrogens is 310 g/mol. The van der Waals surface area contributed by atoms with Crippen LogP contribution in [0.1, 0.15) is 31.9 Å². The summed E-state index contributed by atoms with van der Waals surface area (Å²) >= 11 is 0. The molecule has 0 saturated carbocycles. The van der Waals surface area contributed by atoms with E-state index in [1.54, 1.807) is 0 Å². The maximum absolute atomic E-state index is 4.70. The average molecular weight is 339 g/mol. The number of nitrogens with zero attached hydrogens (tertiary/aromatic N) is 4. The van der Waals surface area contributed by atoms with Crippen molar-refractivity contribution in [1.29, 1.82) is 0 Å². The van der Waals surface area contributed by atoms with Gasteiger partial charge in [0, 0.05) is 43.6 Å². The lowest BCUT2D eigenvalue weighted by molar-refractivity contribution is 0.622. The minimum atomic E-state index is -0.0416. The van der Waals surface area contributed by atoms with E-state index < -0.39 is 0 Å². The van der Waals surface area contributed by atoms with Gasteiger partial charge in [-0.15, -0.1) is 0 Å². The van der Waals surface area contributed by atoms with Gasteiger partial charge in [0.1, 0.15) is 5.82 Å². The van der Waals surface area contributed by atoms with Crippen LogP contribution in [0.4, 0.5) is 17.5 Å². The lowest BCUT2D eigenvalue weighted by atomic mass is 10.1. The van der Waals surface area contributed by atoms with Crippen LogP contribution in [0.15, 0.2) is 30.5 Å². The topological polar surface area (TPSA) is 44.3 Å². The fourth-order valence-electron chi connectivity index (χ4n) is 3.18. The second-order valence-electron chi connectivity index (χ2n) is 7.81. The second-order valence-corrected chi connectivity index (χ2v) is 7.81. The predicted octanol–water partition coefficient (Wildman–Crippen LogP) is 3.63. The Kier molecular flexibility index (Phi) is 4.84. The van der Waals surface area contributed by atoms with Gasteiger partial charge in [0.05, 0.1) is 0 Å². The number of rotatable bonds is 3. The Morgan fingerprint density at radius 3 is 2.32 bits per heavy atom. The van der Waals surface area contributed by atoms with Crippen molar-refractivity contribution in [3.05, 3.63) is 41.6 Å². The molecular formula is C20H29N5. The SMILES string of the molecule is Cc1cccc(N2CCN(c3ccnc(NC(C)(C)C)n3)CC2)c1C. The van der Waals surface area contributed by atoms with Crippen molar-refractivity contribution in [1.82, 2.24) is 9.97 Å². The van der Waals surface area contributed by atoms with Crippen molar-refractivity contribution in [3.63, 3.8) is 0 Å². The van der Waals surface area contributed by atoms with Crippen LogP contribution in [0.2, 0.25) is 0 Å². The van der Waals surface area contributed by atoms with Crippen LogP contribution in [0.5, 0.6) is 0 Å². The molecule has 0 amide bonds. The van der Waals surface area contributed by atoms with Crippen LogP contribution in [-0.4, -0.2) is 41.7 Å². The Bertz CT molecular complexity index is 727. The molecule has 1 saturated heterocycles. The molecule has 1 aromatic heterocycles. The number of piperazine rings is 1. The number of benzene rings is 1. The van der Waals surface area contributed by atoms with E-state index in [0.717, 1.165) is 32.0 Å².